The number of carbonyl (C=O) groups excluding carboxylic acids is 1. The quantitative estimate of drug-likeness (QED) is 0.129. The molecule has 1 amide bonds. The van der Waals surface area contributed by atoms with Crippen molar-refractivity contribution in [2.45, 2.75) is 87.2 Å². The molecule has 0 aliphatic carbocycles. The average Bonchev–Trinajstić information content (AvgIpc) is 3.84. The Hall–Kier alpha value is -3.45. The van der Waals surface area contributed by atoms with Gasteiger partial charge in [-0.15, -0.1) is 45.3 Å². The van der Waals surface area contributed by atoms with Crippen LogP contribution in [-0.2, 0) is 24.9 Å². The second kappa shape index (κ2) is 13.1. The lowest BCUT2D eigenvalue weighted by molar-refractivity contribution is -0.815. The maximum Gasteiger partial charge on any atom is 0.346 e. The number of nitrogens with zero attached hydrogens (tertiary/aromatic N) is 2. The van der Waals surface area contributed by atoms with E-state index < -0.39 is 16.1 Å². The van der Waals surface area contributed by atoms with E-state index in [0.717, 1.165) is 51.7 Å². The highest BCUT2D eigenvalue weighted by Crippen LogP contribution is 2.50. The number of hydrogen-bond acceptors (Lipinski definition) is 9. The van der Waals surface area contributed by atoms with E-state index in [1.165, 1.54) is 15.9 Å². The molecule has 6 heterocycles. The van der Waals surface area contributed by atoms with Crippen molar-refractivity contribution in [1.29, 1.82) is 0 Å². The molecule has 7 nitrogen and oxygen atoms in total. The predicted octanol–water partition coefficient (Wildman–Crippen LogP) is 10.9. The van der Waals surface area contributed by atoms with Crippen LogP contribution in [0.1, 0.15) is 86.6 Å². The van der Waals surface area contributed by atoms with Crippen molar-refractivity contribution in [2.75, 3.05) is 6.54 Å². The number of hydroxylamine groups is 3. The van der Waals surface area contributed by atoms with Crippen molar-refractivity contribution < 1.29 is 14.5 Å². The lowest BCUT2D eigenvalue weighted by atomic mass is 9.95. The molecule has 11 heteroatoms. The molecule has 1 unspecified atom stereocenters. The van der Waals surface area contributed by atoms with Crippen molar-refractivity contribution in [3.63, 3.8) is 0 Å². The van der Waals surface area contributed by atoms with Gasteiger partial charge in [0.2, 0.25) is 0 Å². The summed E-state index contributed by atoms with van der Waals surface area (Å²) in [4.78, 5) is 50.0. The van der Waals surface area contributed by atoms with Gasteiger partial charge in [-0.05, 0) is 66.6 Å². The fraction of sp³-hybridized carbons (Fsp3) is 0.390. The lowest BCUT2D eigenvalue weighted by Crippen LogP contribution is -2.48. The van der Waals surface area contributed by atoms with E-state index in [0.29, 0.717) is 32.0 Å². The van der Waals surface area contributed by atoms with Gasteiger partial charge < -0.3 is 10.3 Å². The Morgan fingerprint density at radius 1 is 0.808 bits per heavy atom. The van der Waals surface area contributed by atoms with Crippen LogP contribution in [0.15, 0.2) is 46.0 Å². The molecule has 1 N–H and O–H groups in total. The lowest BCUT2D eigenvalue weighted by Gasteiger charge is -2.40. The standard InChI is InChI=1S/C41H44N2O5S4/c1-10-24-12-23-19-43(48,18-21(4)5)40(47)28-14-25-27(13-26(28)35(23)49-24)38(45)42(17-20(2)3)39(46)29-15-32(51-36(25)29)31-11-22(6)34(50-31)37-30(44)16-33(52-37)41(7,8)9/h11-16,20-21,44H,10,17-19H2,1-9H3. The Bertz CT molecular complexity index is 2540. The number of aromatic hydroxyl groups is 1. The third-order valence-corrected chi connectivity index (χ3v) is 15.3. The molecular weight excluding hydrogens is 729 g/mol. The smallest absolute Gasteiger partial charge is 0.346 e. The minimum absolute atomic E-state index is 0.0120. The Balaban J connectivity index is 1.52. The number of carbonyl (C=O) groups is 1. The molecule has 5 aromatic heterocycles. The number of fused-ring (bicyclic) bond motifs is 6. The number of hydrogen-bond donors (Lipinski definition) is 1. The molecule has 1 atom stereocenters. The molecule has 272 valence electrons. The zero-order valence-corrected chi connectivity index (χ0v) is 34.3. The Labute approximate surface area is 319 Å². The second-order valence-electron chi connectivity index (χ2n) is 16.0. The number of benzene rings is 1. The van der Waals surface area contributed by atoms with Gasteiger partial charge in [-0.2, -0.15) is 0 Å². The molecule has 1 aromatic carbocycles. The van der Waals surface area contributed by atoms with Crippen molar-refractivity contribution in [3.05, 3.63) is 88.8 Å². The second-order valence-corrected chi connectivity index (χ2v) is 20.3. The van der Waals surface area contributed by atoms with Crippen molar-refractivity contribution in [2.24, 2.45) is 11.8 Å². The molecule has 0 bridgehead atoms. The molecule has 0 saturated carbocycles. The SMILES string of the molecule is CCc1cc2c(s1)-c1cc3c(=O)n(CC(C)C)c(=O)c4cc(-c5cc(C)c(-c6sc(C(C)(C)C)cc6O)s5)sc4c3cc1C(=O)[N+]([O-])(CC(C)C)C2. The summed E-state index contributed by atoms with van der Waals surface area (Å²) in [5.41, 5.74) is 1.88. The van der Waals surface area contributed by atoms with Crippen LogP contribution < -0.4 is 11.1 Å². The number of aromatic nitrogens is 1. The van der Waals surface area contributed by atoms with Gasteiger partial charge in [-0.25, -0.2) is 4.79 Å². The Morgan fingerprint density at radius 2 is 1.48 bits per heavy atom. The predicted molar refractivity (Wildman–Crippen MR) is 220 cm³/mol. The van der Waals surface area contributed by atoms with Gasteiger partial charge in [0.25, 0.3) is 11.1 Å². The zero-order chi connectivity index (χ0) is 37.6. The first-order chi connectivity index (χ1) is 24.4. The molecule has 0 fully saturated rings. The Kier molecular flexibility index (Phi) is 9.32. The van der Waals surface area contributed by atoms with Crippen molar-refractivity contribution >= 4 is 72.1 Å². The van der Waals surface area contributed by atoms with E-state index in [1.807, 2.05) is 52.8 Å². The average molecular weight is 773 g/mol. The van der Waals surface area contributed by atoms with E-state index in [9.17, 15) is 24.7 Å². The summed E-state index contributed by atoms with van der Waals surface area (Å²) in [6.07, 6.45) is 0.791. The molecule has 6 aromatic rings. The molecule has 7 rings (SSSR count). The zero-order valence-electron chi connectivity index (χ0n) is 31.1. The maximum absolute atomic E-state index is 14.5. The molecule has 0 saturated heterocycles. The first-order valence-electron chi connectivity index (χ1n) is 17.8. The summed E-state index contributed by atoms with van der Waals surface area (Å²) >= 11 is 6.15. The van der Waals surface area contributed by atoms with Crippen molar-refractivity contribution in [1.82, 2.24) is 4.57 Å². The largest absolute Gasteiger partial charge is 0.625 e. The summed E-state index contributed by atoms with van der Waals surface area (Å²) in [6.45, 7) is 18.8. The summed E-state index contributed by atoms with van der Waals surface area (Å²) < 4.78 is 0.957. The minimum atomic E-state index is -1.00. The first kappa shape index (κ1) is 36.9. The van der Waals surface area contributed by atoms with Gasteiger partial charge in [0.05, 0.1) is 27.2 Å². The van der Waals surface area contributed by atoms with Gasteiger partial charge >= 0.3 is 5.91 Å². The minimum Gasteiger partial charge on any atom is -0.625 e. The molecular formula is C41H44N2O5S4. The van der Waals surface area contributed by atoms with Crippen LogP contribution in [0.4, 0.5) is 0 Å². The van der Waals surface area contributed by atoms with E-state index in [2.05, 4.69) is 33.8 Å². The topological polar surface area (TPSA) is 99.4 Å². The molecule has 1 aliphatic heterocycles. The van der Waals surface area contributed by atoms with E-state index in [4.69, 9.17) is 0 Å². The molecule has 52 heavy (non-hydrogen) atoms. The number of quaternary nitrogens is 1. The fourth-order valence-corrected chi connectivity index (χ4v) is 12.0. The summed E-state index contributed by atoms with van der Waals surface area (Å²) in [6, 6.07) is 11.3. The van der Waals surface area contributed by atoms with E-state index in [-0.39, 0.29) is 48.2 Å². The summed E-state index contributed by atoms with van der Waals surface area (Å²) in [7, 11) is 0. The van der Waals surface area contributed by atoms with Crippen LogP contribution in [0.25, 0.3) is 50.8 Å². The highest BCUT2D eigenvalue weighted by molar-refractivity contribution is 7.29. The third-order valence-electron chi connectivity index (χ3n) is 9.59. The van der Waals surface area contributed by atoms with Crippen LogP contribution in [0, 0.1) is 24.0 Å². The fourth-order valence-electron chi connectivity index (χ4n) is 7.17. The van der Waals surface area contributed by atoms with E-state index in [1.54, 1.807) is 46.1 Å². The highest BCUT2D eigenvalue weighted by atomic mass is 32.1. The molecule has 0 spiro atoms. The van der Waals surface area contributed by atoms with Gasteiger partial charge in [-0.1, -0.05) is 55.4 Å². The summed E-state index contributed by atoms with van der Waals surface area (Å²) in [5, 5.41) is 26.8. The highest BCUT2D eigenvalue weighted by Gasteiger charge is 2.38. The van der Waals surface area contributed by atoms with Gasteiger partial charge in [0.15, 0.2) is 0 Å². The van der Waals surface area contributed by atoms with Crippen LogP contribution in [-0.4, -0.2) is 26.8 Å². The van der Waals surface area contributed by atoms with Crippen molar-refractivity contribution in [3.8, 4) is 35.7 Å². The van der Waals surface area contributed by atoms with Gasteiger partial charge in [-0.3, -0.25) is 18.8 Å². The molecule has 1 aliphatic rings. The maximum atomic E-state index is 14.5. The van der Waals surface area contributed by atoms with E-state index >= 15 is 0 Å². The third kappa shape index (κ3) is 6.23. The molecule has 0 radical (unpaired) electrons. The Morgan fingerprint density at radius 3 is 2.12 bits per heavy atom. The summed E-state index contributed by atoms with van der Waals surface area (Å²) in [5.74, 6) is -0.238. The van der Waals surface area contributed by atoms with Gasteiger partial charge in [0.1, 0.15) is 12.3 Å². The van der Waals surface area contributed by atoms with Crippen LogP contribution >= 0.6 is 45.3 Å². The number of thiophene rings is 4. The van der Waals surface area contributed by atoms with Crippen LogP contribution in [0.3, 0.4) is 0 Å². The number of rotatable bonds is 7. The number of amides is 1. The normalized spacial score (nSPS) is 16.3. The number of aryl methyl sites for hydroxylation is 2. The van der Waals surface area contributed by atoms with Crippen LogP contribution in [0.5, 0.6) is 5.75 Å². The van der Waals surface area contributed by atoms with Crippen LogP contribution in [0.2, 0.25) is 0 Å². The first-order valence-corrected chi connectivity index (χ1v) is 21.0. The van der Waals surface area contributed by atoms with Gasteiger partial charge in [0, 0.05) is 63.4 Å². The monoisotopic (exact) mass is 772 g/mol.